The van der Waals surface area contributed by atoms with Crippen LogP contribution in [0.2, 0.25) is 0 Å². The number of halogens is 1. The number of allylic oxidation sites excluding steroid dienone is 1. The van der Waals surface area contributed by atoms with Crippen LogP contribution in [0.4, 0.5) is 20.6 Å². The highest BCUT2D eigenvalue weighted by Gasteiger charge is 2.31. The molecule has 9 heteroatoms. The van der Waals surface area contributed by atoms with E-state index in [1.54, 1.807) is 37.3 Å². The number of anilines is 2. The molecule has 0 radical (unpaired) electrons. The van der Waals surface area contributed by atoms with Gasteiger partial charge in [0, 0.05) is 55.5 Å². The maximum atomic E-state index is 13.6. The topological polar surface area (TPSA) is 77.5 Å². The Morgan fingerprint density at radius 3 is 2.62 bits per heavy atom. The molecule has 2 aromatic rings. The SMILES string of the molecule is C=C(/C=C(\N=C/C)C(=O)N1CCc2cc(F)ccc21)N1CCC(N2CCc3cc(OC)ccc3NC2=O)CC1. The van der Waals surface area contributed by atoms with Crippen LogP contribution >= 0.6 is 0 Å². The van der Waals surface area contributed by atoms with Gasteiger partial charge in [-0.25, -0.2) is 9.18 Å². The third-order valence-corrected chi connectivity index (χ3v) is 7.72. The van der Waals surface area contributed by atoms with Gasteiger partial charge in [-0.1, -0.05) is 6.58 Å². The third kappa shape index (κ3) is 5.53. The Morgan fingerprint density at radius 1 is 1.10 bits per heavy atom. The van der Waals surface area contributed by atoms with E-state index in [1.807, 2.05) is 23.1 Å². The van der Waals surface area contributed by atoms with Crippen molar-refractivity contribution in [3.63, 3.8) is 0 Å². The molecule has 8 nitrogen and oxygen atoms in total. The van der Waals surface area contributed by atoms with Crippen LogP contribution in [0.15, 0.2) is 65.4 Å². The van der Waals surface area contributed by atoms with Crippen LogP contribution in [0.3, 0.4) is 0 Å². The number of fused-ring (bicyclic) bond motifs is 2. The number of carbonyl (C=O) groups excluding carboxylic acids is 2. The Hall–Kier alpha value is -4.14. The summed E-state index contributed by atoms with van der Waals surface area (Å²) in [7, 11) is 1.64. The minimum absolute atomic E-state index is 0.0768. The van der Waals surface area contributed by atoms with Crippen LogP contribution in [0, 0.1) is 5.82 Å². The van der Waals surface area contributed by atoms with E-state index in [2.05, 4.69) is 21.8 Å². The number of likely N-dealkylation sites (tertiary alicyclic amines) is 1. The molecule has 3 amide bonds. The lowest BCUT2D eigenvalue weighted by Crippen LogP contribution is -2.48. The lowest BCUT2D eigenvalue weighted by atomic mass is 10.0. The Balaban J connectivity index is 1.22. The summed E-state index contributed by atoms with van der Waals surface area (Å²) in [4.78, 5) is 36.5. The first kappa shape index (κ1) is 26.5. The fourth-order valence-corrected chi connectivity index (χ4v) is 5.63. The number of nitrogens with zero attached hydrogens (tertiary/aromatic N) is 4. The molecule has 3 aliphatic rings. The van der Waals surface area contributed by atoms with Gasteiger partial charge in [-0.15, -0.1) is 0 Å². The predicted molar refractivity (Wildman–Crippen MR) is 151 cm³/mol. The standard InChI is InChI=1S/C30H34FN5O3/c1-4-32-27(29(37)36-16-10-22-18-23(31)5-8-28(22)36)17-20(2)34-13-11-24(12-14-34)35-15-9-21-19-25(39-3)6-7-26(21)33-30(35)38/h4-8,17-19,24H,2,9-16H2,1,3H3,(H,33,38)/b27-17-,32-4-. The number of rotatable bonds is 6. The van der Waals surface area contributed by atoms with Crippen molar-refractivity contribution in [2.75, 3.05) is 43.5 Å². The number of hydrogen-bond acceptors (Lipinski definition) is 5. The largest absolute Gasteiger partial charge is 0.497 e. The number of piperidine rings is 1. The molecule has 204 valence electrons. The van der Waals surface area contributed by atoms with E-state index in [-0.39, 0.29) is 23.8 Å². The molecule has 1 saturated heterocycles. The van der Waals surface area contributed by atoms with Crippen LogP contribution in [0.25, 0.3) is 0 Å². The monoisotopic (exact) mass is 531 g/mol. The summed E-state index contributed by atoms with van der Waals surface area (Å²) < 4.78 is 19.0. The van der Waals surface area contributed by atoms with Gasteiger partial charge >= 0.3 is 6.03 Å². The highest BCUT2D eigenvalue weighted by Crippen LogP contribution is 2.31. The molecule has 0 unspecified atom stereocenters. The highest BCUT2D eigenvalue weighted by molar-refractivity contribution is 6.07. The van der Waals surface area contributed by atoms with E-state index >= 15 is 0 Å². The van der Waals surface area contributed by atoms with E-state index in [0.29, 0.717) is 44.0 Å². The molecule has 5 rings (SSSR count). The molecule has 1 N–H and O–H groups in total. The molecule has 3 aliphatic heterocycles. The van der Waals surface area contributed by atoms with Crippen LogP contribution in [-0.2, 0) is 17.6 Å². The second kappa shape index (κ2) is 11.3. The summed E-state index contributed by atoms with van der Waals surface area (Å²) in [6.45, 7) is 8.55. The van der Waals surface area contributed by atoms with E-state index in [1.165, 1.54) is 12.1 Å². The summed E-state index contributed by atoms with van der Waals surface area (Å²) in [5.74, 6) is 0.251. The van der Waals surface area contributed by atoms with Crippen molar-refractivity contribution in [2.45, 2.75) is 38.6 Å². The number of hydrogen-bond donors (Lipinski definition) is 1. The minimum atomic E-state index is -0.301. The number of amides is 3. The van der Waals surface area contributed by atoms with Gasteiger partial charge in [-0.3, -0.25) is 9.79 Å². The van der Waals surface area contributed by atoms with Crippen molar-refractivity contribution in [1.29, 1.82) is 0 Å². The Morgan fingerprint density at radius 2 is 1.87 bits per heavy atom. The third-order valence-electron chi connectivity index (χ3n) is 7.72. The van der Waals surface area contributed by atoms with Crippen molar-refractivity contribution >= 4 is 29.5 Å². The molecule has 0 atom stereocenters. The quantitative estimate of drug-likeness (QED) is 0.331. The molecular weight excluding hydrogens is 497 g/mol. The maximum absolute atomic E-state index is 13.6. The van der Waals surface area contributed by atoms with Gasteiger partial charge in [0.05, 0.1) is 7.11 Å². The van der Waals surface area contributed by atoms with Gasteiger partial charge in [-0.05, 0) is 86.2 Å². The van der Waals surface area contributed by atoms with Gasteiger partial charge in [0.15, 0.2) is 0 Å². The lowest BCUT2D eigenvalue weighted by Gasteiger charge is -2.39. The second-order valence-electron chi connectivity index (χ2n) is 10.0. The van der Waals surface area contributed by atoms with Crippen LogP contribution < -0.4 is 15.0 Å². The summed E-state index contributed by atoms with van der Waals surface area (Å²) in [6.07, 6.45) is 6.28. The maximum Gasteiger partial charge on any atom is 0.322 e. The highest BCUT2D eigenvalue weighted by atomic mass is 19.1. The van der Waals surface area contributed by atoms with E-state index < -0.39 is 0 Å². The molecule has 0 saturated carbocycles. The molecule has 3 heterocycles. The first-order valence-corrected chi connectivity index (χ1v) is 13.4. The molecule has 0 aromatic heterocycles. The first-order chi connectivity index (χ1) is 18.9. The van der Waals surface area contributed by atoms with E-state index in [0.717, 1.165) is 47.5 Å². The number of benzene rings is 2. The summed E-state index contributed by atoms with van der Waals surface area (Å²) in [6, 6.07) is 10.3. The average Bonchev–Trinajstić information content (AvgIpc) is 3.28. The van der Waals surface area contributed by atoms with E-state index in [9.17, 15) is 14.0 Å². The van der Waals surface area contributed by atoms with Crippen molar-refractivity contribution in [3.8, 4) is 5.75 Å². The Labute approximate surface area is 228 Å². The molecular formula is C30H34FN5O3. The summed E-state index contributed by atoms with van der Waals surface area (Å²) >= 11 is 0. The Bertz CT molecular complexity index is 1350. The van der Waals surface area contributed by atoms with Gasteiger partial charge in [0.25, 0.3) is 5.91 Å². The van der Waals surface area contributed by atoms with Gasteiger partial charge in [0.2, 0.25) is 0 Å². The zero-order valence-corrected chi connectivity index (χ0v) is 22.5. The molecule has 2 aromatic carbocycles. The fraction of sp³-hybridized carbons (Fsp3) is 0.367. The van der Waals surface area contributed by atoms with Crippen molar-refractivity contribution in [2.24, 2.45) is 4.99 Å². The molecule has 39 heavy (non-hydrogen) atoms. The predicted octanol–water partition coefficient (Wildman–Crippen LogP) is 4.77. The molecule has 0 aliphatic carbocycles. The fourth-order valence-electron chi connectivity index (χ4n) is 5.63. The van der Waals surface area contributed by atoms with Crippen LogP contribution in [0.1, 0.15) is 30.9 Å². The zero-order chi connectivity index (χ0) is 27.5. The van der Waals surface area contributed by atoms with Gasteiger partial charge < -0.3 is 24.8 Å². The van der Waals surface area contributed by atoms with Crippen LogP contribution in [0.5, 0.6) is 5.75 Å². The average molecular weight is 532 g/mol. The number of urea groups is 1. The first-order valence-electron chi connectivity index (χ1n) is 13.4. The van der Waals surface area contributed by atoms with Crippen molar-refractivity contribution in [1.82, 2.24) is 9.80 Å². The Kier molecular flexibility index (Phi) is 7.67. The summed E-state index contributed by atoms with van der Waals surface area (Å²) in [5.41, 5.74) is 4.45. The number of methoxy groups -OCH3 is 1. The lowest BCUT2D eigenvalue weighted by molar-refractivity contribution is -0.115. The number of carbonyl (C=O) groups is 2. The normalized spacial score (nSPS) is 18.1. The molecule has 1 fully saturated rings. The number of aliphatic imine (C=N–C) groups is 1. The number of ether oxygens (including phenoxy) is 1. The van der Waals surface area contributed by atoms with Gasteiger partial charge in [0.1, 0.15) is 17.3 Å². The van der Waals surface area contributed by atoms with Crippen LogP contribution in [-0.4, -0.2) is 67.3 Å². The van der Waals surface area contributed by atoms with Crippen molar-refractivity contribution < 1.29 is 18.7 Å². The second-order valence-corrected chi connectivity index (χ2v) is 10.0. The van der Waals surface area contributed by atoms with Crippen molar-refractivity contribution in [3.05, 3.63) is 77.4 Å². The zero-order valence-electron chi connectivity index (χ0n) is 22.5. The van der Waals surface area contributed by atoms with E-state index in [4.69, 9.17) is 4.74 Å². The minimum Gasteiger partial charge on any atom is -0.497 e. The smallest absolute Gasteiger partial charge is 0.322 e. The summed E-state index contributed by atoms with van der Waals surface area (Å²) in [5, 5.41) is 3.06. The molecule has 0 bridgehead atoms. The van der Waals surface area contributed by atoms with Gasteiger partial charge in [-0.2, -0.15) is 0 Å². The molecule has 0 spiro atoms. The number of nitrogens with one attached hydrogen (secondary N) is 1.